The Hall–Kier alpha value is -0.690. The first-order valence-electron chi connectivity index (χ1n) is 5.77. The van der Waals surface area contributed by atoms with Crippen molar-refractivity contribution in [2.75, 3.05) is 38.2 Å². The van der Waals surface area contributed by atoms with Gasteiger partial charge in [0.2, 0.25) is 16.5 Å². The van der Waals surface area contributed by atoms with Gasteiger partial charge in [-0.2, -0.15) is 15.0 Å². The molecule has 0 aromatic carbocycles. The van der Waals surface area contributed by atoms with Gasteiger partial charge in [0, 0.05) is 25.7 Å². The average molecular weight is 292 g/mol. The molecule has 1 aromatic rings. The lowest BCUT2D eigenvalue weighted by Gasteiger charge is -2.29. The summed E-state index contributed by atoms with van der Waals surface area (Å²) in [5, 5.41) is 3.34. The smallest absolute Gasteiger partial charge is 0.228 e. The van der Waals surface area contributed by atoms with Gasteiger partial charge < -0.3 is 10.1 Å². The maximum Gasteiger partial charge on any atom is 0.228 e. The van der Waals surface area contributed by atoms with Gasteiger partial charge in [-0.15, -0.1) is 0 Å². The van der Waals surface area contributed by atoms with Crippen molar-refractivity contribution < 1.29 is 4.74 Å². The zero-order chi connectivity index (χ0) is 13.0. The number of morpholine rings is 1. The van der Waals surface area contributed by atoms with Crippen LogP contribution < -0.4 is 5.32 Å². The molecule has 0 amide bonds. The molecule has 1 aliphatic rings. The van der Waals surface area contributed by atoms with Crippen LogP contribution in [0.4, 0.5) is 5.95 Å². The largest absolute Gasteiger partial charge is 0.379 e. The first kappa shape index (κ1) is 13.7. The lowest BCUT2D eigenvalue weighted by Crippen LogP contribution is -2.42. The Kier molecular flexibility index (Phi) is 4.94. The van der Waals surface area contributed by atoms with Crippen LogP contribution in [0.5, 0.6) is 0 Å². The van der Waals surface area contributed by atoms with E-state index in [1.165, 1.54) is 0 Å². The van der Waals surface area contributed by atoms with Crippen LogP contribution in [0.15, 0.2) is 0 Å². The quantitative estimate of drug-likeness (QED) is 0.903. The van der Waals surface area contributed by atoms with Crippen LogP contribution in [-0.2, 0) is 4.74 Å². The molecule has 1 atom stereocenters. The van der Waals surface area contributed by atoms with E-state index in [-0.39, 0.29) is 16.6 Å². The summed E-state index contributed by atoms with van der Waals surface area (Å²) in [6.45, 7) is 6.42. The summed E-state index contributed by atoms with van der Waals surface area (Å²) < 4.78 is 5.30. The van der Waals surface area contributed by atoms with Crippen molar-refractivity contribution in [1.29, 1.82) is 0 Å². The van der Waals surface area contributed by atoms with Crippen molar-refractivity contribution in [3.05, 3.63) is 10.6 Å². The molecule has 0 saturated carbocycles. The van der Waals surface area contributed by atoms with Gasteiger partial charge in [0.25, 0.3) is 0 Å². The molecule has 2 heterocycles. The van der Waals surface area contributed by atoms with Gasteiger partial charge in [-0.25, -0.2) is 0 Å². The Balaban J connectivity index is 1.87. The molecular formula is C10H15Cl2N5O. The Labute approximate surface area is 116 Å². The van der Waals surface area contributed by atoms with Gasteiger partial charge in [0.05, 0.1) is 13.2 Å². The van der Waals surface area contributed by atoms with E-state index >= 15 is 0 Å². The van der Waals surface area contributed by atoms with Crippen LogP contribution >= 0.6 is 23.2 Å². The number of ether oxygens (including phenoxy) is 1. The third-order valence-electron chi connectivity index (χ3n) is 2.59. The predicted octanol–water partition coefficient (Wildman–Crippen LogP) is 1.31. The van der Waals surface area contributed by atoms with Crippen molar-refractivity contribution in [2.24, 2.45) is 0 Å². The highest BCUT2D eigenvalue weighted by Gasteiger charge is 2.14. The fraction of sp³-hybridized carbons (Fsp3) is 0.700. The highest BCUT2D eigenvalue weighted by molar-refractivity contribution is 6.31. The Morgan fingerprint density at radius 1 is 1.22 bits per heavy atom. The van der Waals surface area contributed by atoms with Crippen LogP contribution in [0.2, 0.25) is 10.6 Å². The Morgan fingerprint density at radius 2 is 1.83 bits per heavy atom. The van der Waals surface area contributed by atoms with Gasteiger partial charge in [0.1, 0.15) is 0 Å². The van der Waals surface area contributed by atoms with Crippen LogP contribution in [0.1, 0.15) is 6.92 Å². The fourth-order valence-corrected chi connectivity index (χ4v) is 2.19. The summed E-state index contributed by atoms with van der Waals surface area (Å²) in [6.07, 6.45) is 0. The molecule has 2 rings (SSSR count). The standard InChI is InChI=1S/C10H15Cl2N5O/c1-7(6-17-2-4-18-5-3-17)13-10-15-8(11)14-9(12)16-10/h7H,2-6H2,1H3,(H,13,14,15,16). The average Bonchev–Trinajstić information content (AvgIpc) is 2.28. The van der Waals surface area contributed by atoms with Gasteiger partial charge in [-0.3, -0.25) is 4.90 Å². The van der Waals surface area contributed by atoms with Crippen molar-refractivity contribution in [3.8, 4) is 0 Å². The number of nitrogens with zero attached hydrogens (tertiary/aromatic N) is 4. The maximum atomic E-state index is 5.71. The number of hydrogen-bond donors (Lipinski definition) is 1. The molecule has 6 nitrogen and oxygen atoms in total. The normalized spacial score (nSPS) is 18.6. The van der Waals surface area contributed by atoms with E-state index in [1.54, 1.807) is 0 Å². The molecule has 0 radical (unpaired) electrons. The predicted molar refractivity (Wildman–Crippen MR) is 70.2 cm³/mol. The second-order valence-corrected chi connectivity index (χ2v) is 4.83. The molecule has 8 heteroatoms. The molecule has 0 spiro atoms. The van der Waals surface area contributed by atoms with E-state index in [1.807, 2.05) is 0 Å². The molecule has 1 N–H and O–H groups in total. The second kappa shape index (κ2) is 6.47. The molecule has 1 saturated heterocycles. The van der Waals surface area contributed by atoms with E-state index in [9.17, 15) is 0 Å². The molecular weight excluding hydrogens is 277 g/mol. The first-order chi connectivity index (χ1) is 8.63. The molecule has 1 fully saturated rings. The minimum atomic E-state index is 0.0936. The molecule has 18 heavy (non-hydrogen) atoms. The second-order valence-electron chi connectivity index (χ2n) is 4.16. The van der Waals surface area contributed by atoms with Crippen molar-refractivity contribution in [3.63, 3.8) is 0 Å². The van der Waals surface area contributed by atoms with Crippen LogP contribution in [0, 0.1) is 0 Å². The van der Waals surface area contributed by atoms with Crippen molar-refractivity contribution >= 4 is 29.2 Å². The van der Waals surface area contributed by atoms with Gasteiger partial charge in [0.15, 0.2) is 0 Å². The molecule has 0 bridgehead atoms. The number of hydrogen-bond acceptors (Lipinski definition) is 6. The molecule has 1 unspecified atom stereocenters. The monoisotopic (exact) mass is 291 g/mol. The Bertz CT molecular complexity index is 380. The lowest BCUT2D eigenvalue weighted by molar-refractivity contribution is 0.0368. The fourth-order valence-electron chi connectivity index (χ4n) is 1.83. The van der Waals surface area contributed by atoms with E-state index in [0.717, 1.165) is 32.8 Å². The number of halogens is 2. The van der Waals surface area contributed by atoms with E-state index < -0.39 is 0 Å². The number of anilines is 1. The first-order valence-corrected chi connectivity index (χ1v) is 6.53. The third-order valence-corrected chi connectivity index (χ3v) is 2.93. The van der Waals surface area contributed by atoms with Crippen LogP contribution in [0.3, 0.4) is 0 Å². The summed E-state index contributed by atoms with van der Waals surface area (Å²) in [4.78, 5) is 14.0. The molecule has 1 aliphatic heterocycles. The molecule has 100 valence electrons. The van der Waals surface area contributed by atoms with Crippen molar-refractivity contribution in [2.45, 2.75) is 13.0 Å². The van der Waals surface area contributed by atoms with Crippen LogP contribution in [0.25, 0.3) is 0 Å². The SMILES string of the molecule is CC(CN1CCOCC1)Nc1nc(Cl)nc(Cl)n1. The molecule has 1 aromatic heterocycles. The topological polar surface area (TPSA) is 63.2 Å². The summed E-state index contributed by atoms with van der Waals surface area (Å²) in [5.74, 6) is 0.403. The zero-order valence-corrected chi connectivity index (χ0v) is 11.6. The number of nitrogens with one attached hydrogen (secondary N) is 1. The van der Waals surface area contributed by atoms with E-state index in [4.69, 9.17) is 27.9 Å². The highest BCUT2D eigenvalue weighted by Crippen LogP contribution is 2.11. The minimum absolute atomic E-state index is 0.0936. The third kappa shape index (κ3) is 4.20. The van der Waals surface area contributed by atoms with Gasteiger partial charge in [-0.05, 0) is 30.1 Å². The highest BCUT2D eigenvalue weighted by atomic mass is 35.5. The lowest BCUT2D eigenvalue weighted by atomic mass is 10.3. The number of rotatable bonds is 4. The summed E-state index contributed by atoms with van der Waals surface area (Å²) in [7, 11) is 0. The Morgan fingerprint density at radius 3 is 2.44 bits per heavy atom. The van der Waals surface area contributed by atoms with Crippen molar-refractivity contribution in [1.82, 2.24) is 19.9 Å². The zero-order valence-electron chi connectivity index (χ0n) is 10.1. The van der Waals surface area contributed by atoms with Crippen LogP contribution in [-0.4, -0.2) is 58.7 Å². The van der Waals surface area contributed by atoms with E-state index in [2.05, 4.69) is 32.1 Å². The van der Waals surface area contributed by atoms with E-state index in [0.29, 0.717) is 5.95 Å². The van der Waals surface area contributed by atoms with Gasteiger partial charge in [-0.1, -0.05) is 0 Å². The number of aromatic nitrogens is 3. The minimum Gasteiger partial charge on any atom is -0.379 e. The summed E-state index contributed by atoms with van der Waals surface area (Å²) >= 11 is 11.4. The summed E-state index contributed by atoms with van der Waals surface area (Å²) in [5.41, 5.74) is 0. The summed E-state index contributed by atoms with van der Waals surface area (Å²) in [6, 6.07) is 0.192. The van der Waals surface area contributed by atoms with Gasteiger partial charge >= 0.3 is 0 Å². The maximum absolute atomic E-state index is 5.71. The molecule has 0 aliphatic carbocycles.